The zero-order valence-electron chi connectivity index (χ0n) is 14.3. The lowest BCUT2D eigenvalue weighted by Crippen LogP contribution is -3.16. The monoisotopic (exact) mass is 319 g/mol. The topological polar surface area (TPSA) is 57.1 Å². The van der Waals surface area contributed by atoms with E-state index in [1.54, 1.807) is 14.1 Å². The van der Waals surface area contributed by atoms with Crippen molar-refractivity contribution in [3.8, 4) is 0 Å². The van der Waals surface area contributed by atoms with Crippen molar-refractivity contribution in [2.75, 3.05) is 58.3 Å². The largest absolute Gasteiger partial charge is 0.360 e. The first kappa shape index (κ1) is 17.3. The van der Waals surface area contributed by atoms with Crippen molar-refractivity contribution < 1.29 is 14.5 Å². The summed E-state index contributed by atoms with van der Waals surface area (Å²) in [7, 11) is 3.37. The van der Waals surface area contributed by atoms with E-state index in [-0.39, 0.29) is 18.4 Å². The van der Waals surface area contributed by atoms with Gasteiger partial charge in [-0.05, 0) is 18.6 Å². The van der Waals surface area contributed by atoms with Gasteiger partial charge in [0.2, 0.25) is 5.91 Å². The molecule has 23 heavy (non-hydrogen) atoms. The van der Waals surface area contributed by atoms with Gasteiger partial charge in [0, 0.05) is 19.8 Å². The lowest BCUT2D eigenvalue weighted by Gasteiger charge is -2.34. The van der Waals surface area contributed by atoms with E-state index >= 15 is 0 Å². The van der Waals surface area contributed by atoms with Crippen molar-refractivity contribution in [1.82, 2.24) is 10.2 Å². The number of anilines is 1. The number of nitrogens with one attached hydrogen (secondary N) is 2. The van der Waals surface area contributed by atoms with Gasteiger partial charge < -0.3 is 20.0 Å². The lowest BCUT2D eigenvalue weighted by atomic mass is 10.1. The van der Waals surface area contributed by atoms with Crippen molar-refractivity contribution in [2.45, 2.75) is 6.92 Å². The Balaban J connectivity index is 1.75. The molecule has 6 nitrogen and oxygen atoms in total. The second-order valence-corrected chi connectivity index (χ2v) is 6.27. The third kappa shape index (κ3) is 4.96. The number of nitrogens with zero attached hydrogens (tertiary/aromatic N) is 2. The fraction of sp³-hybridized carbons (Fsp3) is 0.529. The Hall–Kier alpha value is -2.08. The van der Waals surface area contributed by atoms with Crippen LogP contribution in [-0.2, 0) is 9.59 Å². The average molecular weight is 319 g/mol. The third-order valence-corrected chi connectivity index (χ3v) is 4.27. The molecular formula is C17H27N4O2+. The maximum Gasteiger partial charge on any atom is 0.275 e. The van der Waals surface area contributed by atoms with E-state index in [2.05, 4.69) is 41.4 Å². The molecule has 1 heterocycles. The summed E-state index contributed by atoms with van der Waals surface area (Å²) >= 11 is 0. The highest BCUT2D eigenvalue weighted by molar-refractivity contribution is 5.84. The van der Waals surface area contributed by atoms with Crippen LogP contribution in [0.4, 0.5) is 5.69 Å². The van der Waals surface area contributed by atoms with Gasteiger partial charge in [-0.2, -0.15) is 0 Å². The Bertz CT molecular complexity index is 551. The smallest absolute Gasteiger partial charge is 0.275 e. The van der Waals surface area contributed by atoms with Crippen LogP contribution in [0.15, 0.2) is 24.3 Å². The molecule has 0 bridgehead atoms. The number of hydrogen-bond acceptors (Lipinski definition) is 3. The molecule has 2 N–H and O–H groups in total. The maximum absolute atomic E-state index is 11.9. The molecule has 126 valence electrons. The molecule has 1 saturated heterocycles. The Labute approximate surface area is 138 Å². The van der Waals surface area contributed by atoms with Gasteiger partial charge in [0.1, 0.15) is 0 Å². The van der Waals surface area contributed by atoms with E-state index in [4.69, 9.17) is 0 Å². The minimum Gasteiger partial charge on any atom is -0.360 e. The number of aryl methyl sites for hydroxylation is 1. The van der Waals surface area contributed by atoms with Crippen LogP contribution in [-0.4, -0.2) is 70.1 Å². The molecule has 0 aromatic heterocycles. The molecular weight excluding hydrogens is 292 g/mol. The van der Waals surface area contributed by atoms with Crippen LogP contribution in [0.5, 0.6) is 0 Å². The highest BCUT2D eigenvalue weighted by Crippen LogP contribution is 2.18. The maximum atomic E-state index is 11.9. The SMILES string of the molecule is Cc1ccccc1N1CC[NH+](CC(=O)NCC(=O)N(C)C)CC1. The van der Waals surface area contributed by atoms with Gasteiger partial charge in [0.05, 0.1) is 32.7 Å². The average Bonchev–Trinajstić information content (AvgIpc) is 2.54. The van der Waals surface area contributed by atoms with Crippen molar-refractivity contribution in [1.29, 1.82) is 0 Å². The van der Waals surface area contributed by atoms with Crippen molar-refractivity contribution in [3.05, 3.63) is 29.8 Å². The number of benzene rings is 1. The Kier molecular flexibility index (Phi) is 5.98. The molecule has 1 aromatic carbocycles. The summed E-state index contributed by atoms with van der Waals surface area (Å²) in [5.74, 6) is -0.141. The number of rotatable bonds is 5. The number of likely N-dealkylation sites (N-methyl/N-ethyl adjacent to an activating group) is 1. The van der Waals surface area contributed by atoms with Gasteiger partial charge in [0.15, 0.2) is 6.54 Å². The molecule has 2 rings (SSSR count). The molecule has 0 spiro atoms. The van der Waals surface area contributed by atoms with E-state index < -0.39 is 0 Å². The van der Waals surface area contributed by atoms with Gasteiger partial charge in [-0.15, -0.1) is 0 Å². The van der Waals surface area contributed by atoms with Crippen LogP contribution in [0.1, 0.15) is 5.56 Å². The zero-order valence-corrected chi connectivity index (χ0v) is 14.3. The summed E-state index contributed by atoms with van der Waals surface area (Å²) in [6, 6.07) is 8.40. The normalized spacial score (nSPS) is 15.3. The van der Waals surface area contributed by atoms with E-state index in [1.165, 1.54) is 21.1 Å². The predicted molar refractivity (Wildman–Crippen MR) is 90.7 cm³/mol. The first-order valence-corrected chi connectivity index (χ1v) is 8.08. The van der Waals surface area contributed by atoms with Crippen LogP contribution in [0.25, 0.3) is 0 Å². The summed E-state index contributed by atoms with van der Waals surface area (Å²) < 4.78 is 0. The molecule has 1 fully saturated rings. The molecule has 1 aromatic rings. The number of carbonyl (C=O) groups excluding carboxylic acids is 2. The quantitative estimate of drug-likeness (QED) is 0.725. The van der Waals surface area contributed by atoms with Crippen LogP contribution >= 0.6 is 0 Å². The molecule has 6 heteroatoms. The van der Waals surface area contributed by atoms with Gasteiger partial charge >= 0.3 is 0 Å². The van der Waals surface area contributed by atoms with Crippen molar-refractivity contribution in [2.24, 2.45) is 0 Å². The number of hydrogen-bond donors (Lipinski definition) is 2. The van der Waals surface area contributed by atoms with Crippen LogP contribution in [0, 0.1) is 6.92 Å². The molecule has 1 aliphatic rings. The second kappa shape index (κ2) is 7.97. The highest BCUT2D eigenvalue weighted by Gasteiger charge is 2.23. The zero-order chi connectivity index (χ0) is 16.8. The lowest BCUT2D eigenvalue weighted by molar-refractivity contribution is -0.892. The number of carbonyl (C=O) groups is 2. The second-order valence-electron chi connectivity index (χ2n) is 6.27. The number of para-hydroxylation sites is 1. The molecule has 0 atom stereocenters. The number of quaternary nitrogens is 1. The number of amides is 2. The fourth-order valence-electron chi connectivity index (χ4n) is 2.78. The minimum absolute atomic E-state index is 0.0560. The van der Waals surface area contributed by atoms with Gasteiger partial charge in [0.25, 0.3) is 5.91 Å². The third-order valence-electron chi connectivity index (χ3n) is 4.27. The standard InChI is InChI=1S/C17H26N4O2/c1-14-6-4-5-7-15(14)21-10-8-20(9-11-21)13-16(22)18-12-17(23)19(2)3/h4-7H,8-13H2,1-3H3,(H,18,22)/p+1. The predicted octanol–water partition coefficient (Wildman–Crippen LogP) is -1.10. The summed E-state index contributed by atoms with van der Waals surface area (Å²) in [6.07, 6.45) is 0. The van der Waals surface area contributed by atoms with Crippen LogP contribution in [0.2, 0.25) is 0 Å². The Morgan fingerprint density at radius 1 is 1.22 bits per heavy atom. The molecule has 0 aliphatic carbocycles. The van der Waals surface area contributed by atoms with Gasteiger partial charge in [-0.1, -0.05) is 18.2 Å². The fourth-order valence-corrected chi connectivity index (χ4v) is 2.78. The van der Waals surface area contributed by atoms with Gasteiger partial charge in [-0.3, -0.25) is 9.59 Å². The molecule has 0 unspecified atom stereocenters. The Morgan fingerprint density at radius 3 is 2.48 bits per heavy atom. The highest BCUT2D eigenvalue weighted by atomic mass is 16.2. The van der Waals surface area contributed by atoms with E-state index in [1.807, 2.05) is 0 Å². The van der Waals surface area contributed by atoms with Crippen LogP contribution < -0.4 is 15.1 Å². The summed E-state index contributed by atoms with van der Waals surface area (Å²) in [5.41, 5.74) is 2.57. The molecule has 2 amide bonds. The van der Waals surface area contributed by atoms with E-state index in [0.29, 0.717) is 6.54 Å². The number of piperazine rings is 1. The van der Waals surface area contributed by atoms with E-state index in [0.717, 1.165) is 26.2 Å². The minimum atomic E-state index is -0.0854. The summed E-state index contributed by atoms with van der Waals surface area (Å²) in [5, 5.41) is 2.70. The molecule has 0 saturated carbocycles. The van der Waals surface area contributed by atoms with Crippen molar-refractivity contribution >= 4 is 17.5 Å². The Morgan fingerprint density at radius 2 is 1.87 bits per heavy atom. The van der Waals surface area contributed by atoms with Crippen molar-refractivity contribution in [3.63, 3.8) is 0 Å². The summed E-state index contributed by atoms with van der Waals surface area (Å²) in [6.45, 7) is 6.40. The first-order valence-electron chi connectivity index (χ1n) is 8.08. The molecule has 0 radical (unpaired) electrons. The first-order chi connectivity index (χ1) is 11.0. The van der Waals surface area contributed by atoms with E-state index in [9.17, 15) is 9.59 Å². The van der Waals surface area contributed by atoms with Gasteiger partial charge in [-0.25, -0.2) is 0 Å². The molecule has 1 aliphatic heterocycles. The van der Waals surface area contributed by atoms with Crippen LogP contribution in [0.3, 0.4) is 0 Å². The summed E-state index contributed by atoms with van der Waals surface area (Å²) in [4.78, 5) is 28.5.